The summed E-state index contributed by atoms with van der Waals surface area (Å²) in [7, 11) is 0. The molecule has 3 heterocycles. The van der Waals surface area contributed by atoms with Crippen molar-refractivity contribution < 1.29 is 9.21 Å². The Bertz CT molecular complexity index is 1350. The number of amides is 1. The lowest BCUT2D eigenvalue weighted by Gasteiger charge is -2.23. The first kappa shape index (κ1) is 24.1. The minimum absolute atomic E-state index is 0.00685. The van der Waals surface area contributed by atoms with Gasteiger partial charge in [0.15, 0.2) is 0 Å². The van der Waals surface area contributed by atoms with Crippen LogP contribution in [0.5, 0.6) is 0 Å². The number of halogens is 1. The fourth-order valence-corrected chi connectivity index (χ4v) is 6.07. The van der Waals surface area contributed by atoms with Crippen LogP contribution in [-0.2, 0) is 12.0 Å². The molecule has 2 aromatic carbocycles. The van der Waals surface area contributed by atoms with Crippen molar-refractivity contribution in [1.82, 2.24) is 20.1 Å². The molecule has 0 bridgehead atoms. The lowest BCUT2D eigenvalue weighted by Crippen LogP contribution is -2.35. The van der Waals surface area contributed by atoms with Crippen LogP contribution in [0.25, 0.3) is 11.5 Å². The predicted octanol–water partition coefficient (Wildman–Crippen LogP) is 5.50. The number of likely N-dealkylation sites (tertiary alicyclic amines) is 1. The van der Waals surface area contributed by atoms with Crippen molar-refractivity contribution >= 4 is 39.8 Å². The monoisotopic (exact) mass is 599 g/mol. The number of hydrogen-bond donors (Lipinski definition) is 1. The first-order valence-electron chi connectivity index (χ1n) is 11.5. The molecule has 2 aromatic heterocycles. The second-order valence-corrected chi connectivity index (χ2v) is 11.3. The minimum Gasteiger partial charge on any atom is -0.419 e. The number of aromatic nitrogens is 3. The van der Waals surface area contributed by atoms with E-state index in [0.29, 0.717) is 29.3 Å². The molecule has 2 N–H and O–H groups in total. The van der Waals surface area contributed by atoms with Gasteiger partial charge >= 0.3 is 0 Å². The van der Waals surface area contributed by atoms with Crippen LogP contribution in [0.1, 0.15) is 58.3 Å². The van der Waals surface area contributed by atoms with Gasteiger partial charge in [-0.1, -0.05) is 30.3 Å². The molecule has 9 heteroatoms. The van der Waals surface area contributed by atoms with Crippen molar-refractivity contribution in [3.63, 3.8) is 0 Å². The second-order valence-electron chi connectivity index (χ2n) is 9.20. The van der Waals surface area contributed by atoms with Gasteiger partial charge in [-0.05, 0) is 79.5 Å². The van der Waals surface area contributed by atoms with Gasteiger partial charge in [-0.2, -0.15) is 0 Å². The Morgan fingerprint density at radius 1 is 1.26 bits per heavy atom. The lowest BCUT2D eigenvalue weighted by atomic mass is 9.94. The Morgan fingerprint density at radius 3 is 2.80 bits per heavy atom. The predicted molar refractivity (Wildman–Crippen MR) is 144 cm³/mol. The molecule has 0 saturated carbocycles. The summed E-state index contributed by atoms with van der Waals surface area (Å²) in [6, 6.07) is 15.7. The lowest BCUT2D eigenvalue weighted by molar-refractivity contribution is 0.0735. The van der Waals surface area contributed by atoms with E-state index in [1.54, 1.807) is 11.3 Å². The zero-order valence-corrected chi connectivity index (χ0v) is 22.5. The number of carbonyl (C=O) groups is 1. The van der Waals surface area contributed by atoms with Gasteiger partial charge in [-0.15, -0.1) is 21.5 Å². The van der Waals surface area contributed by atoms with Crippen LogP contribution < -0.4 is 5.73 Å². The maximum Gasteiger partial charge on any atom is 0.254 e. The van der Waals surface area contributed by atoms with E-state index in [1.165, 1.54) is 0 Å². The molecule has 1 fully saturated rings. The molecular formula is C26H26IN5O2S. The van der Waals surface area contributed by atoms with E-state index < -0.39 is 5.54 Å². The van der Waals surface area contributed by atoms with Gasteiger partial charge in [-0.3, -0.25) is 4.79 Å². The molecule has 2 atom stereocenters. The van der Waals surface area contributed by atoms with E-state index in [-0.39, 0.29) is 11.9 Å². The highest BCUT2D eigenvalue weighted by Gasteiger charge is 2.33. The van der Waals surface area contributed by atoms with Crippen molar-refractivity contribution in [2.45, 2.75) is 44.7 Å². The van der Waals surface area contributed by atoms with Crippen molar-refractivity contribution in [2.75, 3.05) is 6.54 Å². The number of benzene rings is 2. The molecule has 0 spiro atoms. The van der Waals surface area contributed by atoms with Crippen LogP contribution >= 0.6 is 33.9 Å². The van der Waals surface area contributed by atoms with E-state index in [4.69, 9.17) is 10.2 Å². The Balaban J connectivity index is 1.40. The third-order valence-corrected chi connectivity index (χ3v) is 7.84. The summed E-state index contributed by atoms with van der Waals surface area (Å²) in [5.41, 5.74) is 9.14. The van der Waals surface area contributed by atoms with Crippen molar-refractivity contribution in [3.8, 4) is 11.5 Å². The van der Waals surface area contributed by atoms with Crippen LogP contribution in [0, 0.1) is 10.5 Å². The van der Waals surface area contributed by atoms with Crippen molar-refractivity contribution in [3.05, 3.63) is 85.2 Å². The quantitative estimate of drug-likeness (QED) is 0.294. The summed E-state index contributed by atoms with van der Waals surface area (Å²) in [5, 5.41) is 11.6. The molecular weight excluding hydrogens is 573 g/mol. The molecule has 1 aliphatic rings. The molecule has 1 saturated heterocycles. The third kappa shape index (κ3) is 5.17. The van der Waals surface area contributed by atoms with E-state index in [9.17, 15) is 4.79 Å². The molecule has 35 heavy (non-hydrogen) atoms. The molecule has 1 amide bonds. The van der Waals surface area contributed by atoms with Gasteiger partial charge < -0.3 is 15.1 Å². The number of thiazole rings is 1. The molecule has 4 aromatic rings. The Labute approximate surface area is 221 Å². The van der Waals surface area contributed by atoms with Crippen molar-refractivity contribution in [2.24, 2.45) is 5.73 Å². The Kier molecular flexibility index (Phi) is 6.73. The van der Waals surface area contributed by atoms with Gasteiger partial charge in [0.2, 0.25) is 11.8 Å². The van der Waals surface area contributed by atoms with Crippen LogP contribution in [0.15, 0.2) is 58.3 Å². The van der Waals surface area contributed by atoms with Gasteiger partial charge in [0.05, 0.1) is 11.6 Å². The van der Waals surface area contributed by atoms with E-state index in [2.05, 4.69) is 37.8 Å². The average Bonchev–Trinajstić information content (AvgIpc) is 3.59. The van der Waals surface area contributed by atoms with E-state index in [1.807, 2.05) is 72.7 Å². The summed E-state index contributed by atoms with van der Waals surface area (Å²) < 4.78 is 6.95. The van der Waals surface area contributed by atoms with Crippen LogP contribution in [0.3, 0.4) is 0 Å². The minimum atomic E-state index is -0.818. The SMILES string of the molecule is Cc1csc(C2CCCN2C(=O)c2cc(I)cc(-c3nnc(C(C)(N)Cc4ccccc4)o3)c2)n1. The summed E-state index contributed by atoms with van der Waals surface area (Å²) in [5.74, 6) is 0.709. The van der Waals surface area contributed by atoms with Gasteiger partial charge in [0.1, 0.15) is 5.01 Å². The summed E-state index contributed by atoms with van der Waals surface area (Å²) >= 11 is 3.84. The maximum absolute atomic E-state index is 13.6. The zero-order valence-electron chi connectivity index (χ0n) is 19.6. The Morgan fingerprint density at radius 2 is 2.06 bits per heavy atom. The number of aryl methyl sites for hydroxylation is 1. The standard InChI is InChI=1S/C26H26IN5O2S/c1-16-15-35-23(29-16)21-9-6-10-32(21)24(33)19-11-18(12-20(27)13-19)22-30-31-25(34-22)26(2,28)14-17-7-4-3-5-8-17/h3-5,7-8,11-13,15,21H,6,9-10,14,28H2,1-2H3. The Hall–Kier alpha value is -2.63. The smallest absolute Gasteiger partial charge is 0.254 e. The average molecular weight is 599 g/mol. The molecule has 0 radical (unpaired) electrons. The molecule has 7 nitrogen and oxygen atoms in total. The molecule has 2 unspecified atom stereocenters. The first-order chi connectivity index (χ1) is 16.8. The third-order valence-electron chi connectivity index (χ3n) is 6.15. The van der Waals surface area contributed by atoms with Gasteiger partial charge in [0, 0.05) is 32.3 Å². The summed E-state index contributed by atoms with van der Waals surface area (Å²) in [6.07, 6.45) is 2.46. The fraction of sp³-hybridized carbons (Fsp3) is 0.308. The van der Waals surface area contributed by atoms with E-state index in [0.717, 1.165) is 39.2 Å². The molecule has 180 valence electrons. The highest BCUT2D eigenvalue weighted by atomic mass is 127. The maximum atomic E-state index is 13.6. The molecule has 0 aliphatic carbocycles. The summed E-state index contributed by atoms with van der Waals surface area (Å²) in [4.78, 5) is 20.1. The number of carbonyl (C=O) groups excluding carboxylic acids is 1. The first-order valence-corrected chi connectivity index (χ1v) is 13.5. The van der Waals surface area contributed by atoms with Gasteiger partial charge in [-0.25, -0.2) is 4.98 Å². The van der Waals surface area contributed by atoms with E-state index >= 15 is 0 Å². The second kappa shape index (κ2) is 9.79. The van der Waals surface area contributed by atoms with Crippen LogP contribution in [0.2, 0.25) is 0 Å². The van der Waals surface area contributed by atoms with Crippen molar-refractivity contribution in [1.29, 1.82) is 0 Å². The largest absolute Gasteiger partial charge is 0.419 e. The highest BCUT2D eigenvalue weighted by Crippen LogP contribution is 2.35. The summed E-state index contributed by atoms with van der Waals surface area (Å²) in [6.45, 7) is 4.59. The number of nitrogens with zero attached hydrogens (tertiary/aromatic N) is 4. The molecule has 1 aliphatic heterocycles. The zero-order chi connectivity index (χ0) is 24.6. The number of hydrogen-bond acceptors (Lipinski definition) is 7. The normalized spacial score (nSPS) is 17.5. The molecule has 5 rings (SSSR count). The topological polar surface area (TPSA) is 98.1 Å². The highest BCUT2D eigenvalue weighted by molar-refractivity contribution is 14.1. The fourth-order valence-electron chi connectivity index (χ4n) is 4.46. The van der Waals surface area contributed by atoms with Crippen LogP contribution in [-0.4, -0.2) is 32.5 Å². The van der Waals surface area contributed by atoms with Gasteiger partial charge in [0.25, 0.3) is 5.91 Å². The van der Waals surface area contributed by atoms with Crippen LogP contribution in [0.4, 0.5) is 0 Å². The number of rotatable bonds is 6. The number of nitrogens with two attached hydrogens (primary N) is 1.